The van der Waals surface area contributed by atoms with Crippen molar-refractivity contribution in [2.24, 2.45) is 5.92 Å². The Kier molecular flexibility index (Phi) is 4.12. The third kappa shape index (κ3) is 2.61. The van der Waals surface area contributed by atoms with Crippen LogP contribution in [-0.4, -0.2) is 30.0 Å². The van der Waals surface area contributed by atoms with Crippen LogP contribution in [0.2, 0.25) is 0 Å². The highest BCUT2D eigenvalue weighted by molar-refractivity contribution is 7.15. The first kappa shape index (κ1) is 17.3. The molecule has 140 valence electrons. The predicted molar refractivity (Wildman–Crippen MR) is 108 cm³/mol. The lowest BCUT2D eigenvalue weighted by Gasteiger charge is -2.23. The fourth-order valence-electron chi connectivity index (χ4n) is 4.01. The summed E-state index contributed by atoms with van der Waals surface area (Å²) >= 11 is 1.63. The Hall–Kier alpha value is -2.80. The van der Waals surface area contributed by atoms with E-state index in [1.807, 2.05) is 42.5 Å². The van der Waals surface area contributed by atoms with E-state index in [1.165, 1.54) is 4.90 Å². The van der Waals surface area contributed by atoms with Gasteiger partial charge < -0.3 is 0 Å². The Bertz CT molecular complexity index is 1030. The van der Waals surface area contributed by atoms with Crippen molar-refractivity contribution in [1.82, 2.24) is 5.06 Å². The number of fused-ring (bicyclic) bond motifs is 1. The van der Waals surface area contributed by atoms with Gasteiger partial charge in [-0.15, -0.1) is 11.3 Å². The Balaban J connectivity index is 1.49. The lowest BCUT2D eigenvalue weighted by atomic mass is 9.96. The summed E-state index contributed by atoms with van der Waals surface area (Å²) in [5.74, 6) is -1.04. The second-order valence-corrected chi connectivity index (χ2v) is 8.07. The molecule has 0 bridgehead atoms. The highest BCUT2D eigenvalue weighted by atomic mass is 32.1. The van der Waals surface area contributed by atoms with Crippen LogP contribution in [0.4, 0.5) is 5.69 Å². The second kappa shape index (κ2) is 6.67. The highest BCUT2D eigenvalue weighted by Gasteiger charge is 2.59. The second-order valence-electron chi connectivity index (χ2n) is 6.96. The number of benzene rings is 2. The van der Waals surface area contributed by atoms with Crippen molar-refractivity contribution in [1.29, 1.82) is 0 Å². The van der Waals surface area contributed by atoms with Crippen LogP contribution in [0.25, 0.3) is 10.4 Å². The minimum atomic E-state index is -0.773. The van der Waals surface area contributed by atoms with Crippen molar-refractivity contribution in [3.63, 3.8) is 0 Å². The number of para-hydroxylation sites is 1. The Morgan fingerprint density at radius 3 is 2.25 bits per heavy atom. The van der Waals surface area contributed by atoms with Crippen LogP contribution in [0.3, 0.4) is 0 Å². The normalized spacial score (nSPS) is 24.8. The first-order chi connectivity index (χ1) is 13.6. The number of amides is 2. The Morgan fingerprint density at radius 2 is 1.54 bits per heavy atom. The molecule has 3 atom stereocenters. The van der Waals surface area contributed by atoms with Gasteiger partial charge in [-0.25, -0.2) is 4.90 Å². The first-order valence-electron chi connectivity index (χ1n) is 9.13. The number of anilines is 1. The molecule has 0 unspecified atom stereocenters. The van der Waals surface area contributed by atoms with E-state index in [0.717, 1.165) is 15.3 Å². The molecule has 0 radical (unpaired) electrons. The maximum Gasteiger partial charge on any atom is 0.265 e. The van der Waals surface area contributed by atoms with E-state index in [1.54, 1.807) is 35.6 Å². The van der Waals surface area contributed by atoms with E-state index in [2.05, 4.69) is 18.2 Å². The molecular formula is C22H18N2O3S. The molecule has 5 rings (SSSR count). The molecule has 2 aliphatic rings. The van der Waals surface area contributed by atoms with E-state index in [0.29, 0.717) is 5.69 Å². The maximum atomic E-state index is 13.2. The molecular weight excluding hydrogens is 372 g/mol. The van der Waals surface area contributed by atoms with E-state index in [9.17, 15) is 9.59 Å². The molecule has 3 aromatic rings. The van der Waals surface area contributed by atoms with Gasteiger partial charge in [0.25, 0.3) is 5.91 Å². The van der Waals surface area contributed by atoms with Crippen molar-refractivity contribution in [2.45, 2.75) is 12.1 Å². The van der Waals surface area contributed by atoms with Crippen LogP contribution < -0.4 is 4.90 Å². The van der Waals surface area contributed by atoms with Crippen molar-refractivity contribution < 1.29 is 14.4 Å². The summed E-state index contributed by atoms with van der Waals surface area (Å²) in [6.45, 7) is 0. The fraction of sp³-hybridized carbons (Fsp3) is 0.182. The average molecular weight is 390 g/mol. The number of thiophene rings is 1. The zero-order valence-corrected chi connectivity index (χ0v) is 16.0. The molecule has 5 nitrogen and oxygen atoms in total. The number of carbonyl (C=O) groups excluding carboxylic acids is 2. The molecule has 0 saturated carbocycles. The van der Waals surface area contributed by atoms with Crippen LogP contribution >= 0.6 is 11.3 Å². The van der Waals surface area contributed by atoms with Crippen LogP contribution in [0, 0.1) is 5.92 Å². The van der Waals surface area contributed by atoms with Crippen LogP contribution in [0.15, 0.2) is 72.8 Å². The third-order valence-electron chi connectivity index (χ3n) is 5.30. The summed E-state index contributed by atoms with van der Waals surface area (Å²) < 4.78 is 0. The van der Waals surface area contributed by atoms with Gasteiger partial charge >= 0.3 is 0 Å². The Labute approximate surface area is 166 Å². The summed E-state index contributed by atoms with van der Waals surface area (Å²) in [7, 11) is 1.79. The molecule has 1 aromatic heterocycles. The smallest absolute Gasteiger partial charge is 0.265 e. The molecule has 2 amide bonds. The molecule has 3 heterocycles. The zero-order chi connectivity index (χ0) is 19.3. The SMILES string of the molecule is CN1O[C@@H]2C(=O)N(c3ccccc3)C(=O)[C@@H]2[C@H]1c1ccc(-c2ccccc2)s1. The van der Waals surface area contributed by atoms with Crippen molar-refractivity contribution in [3.8, 4) is 10.4 Å². The molecule has 6 heteroatoms. The summed E-state index contributed by atoms with van der Waals surface area (Å²) in [5, 5.41) is 1.66. The number of rotatable bonds is 3. The van der Waals surface area contributed by atoms with E-state index in [-0.39, 0.29) is 17.9 Å². The largest absolute Gasteiger partial charge is 0.284 e. The first-order valence-corrected chi connectivity index (χ1v) is 9.94. The molecule has 28 heavy (non-hydrogen) atoms. The van der Waals surface area contributed by atoms with E-state index < -0.39 is 12.0 Å². The number of hydroxylamine groups is 2. The van der Waals surface area contributed by atoms with Gasteiger partial charge in [0.05, 0.1) is 17.6 Å². The molecule has 2 aromatic carbocycles. The quantitative estimate of drug-likeness (QED) is 0.637. The van der Waals surface area contributed by atoms with Gasteiger partial charge in [0.2, 0.25) is 5.91 Å². The minimum Gasteiger partial charge on any atom is -0.284 e. The minimum absolute atomic E-state index is 0.204. The van der Waals surface area contributed by atoms with Gasteiger partial charge in [0.15, 0.2) is 6.10 Å². The van der Waals surface area contributed by atoms with Crippen molar-refractivity contribution >= 4 is 28.8 Å². The number of carbonyl (C=O) groups is 2. The standard InChI is InChI=1S/C22H18N2O3S/c1-23-19(17-13-12-16(28-17)14-8-4-2-5-9-14)18-20(27-23)22(26)24(21(18)25)15-10-6-3-7-11-15/h2-13,18-20H,1H3/t18-,19-,20+/m1/s1. The predicted octanol–water partition coefficient (Wildman–Crippen LogP) is 3.89. The number of hydrogen-bond acceptors (Lipinski definition) is 5. The van der Waals surface area contributed by atoms with Gasteiger partial charge in [-0.1, -0.05) is 48.5 Å². The van der Waals surface area contributed by atoms with E-state index >= 15 is 0 Å². The van der Waals surface area contributed by atoms with Crippen LogP contribution in [0.5, 0.6) is 0 Å². The monoisotopic (exact) mass is 390 g/mol. The lowest BCUT2D eigenvalue weighted by Crippen LogP contribution is -2.36. The number of hydrogen-bond donors (Lipinski definition) is 0. The zero-order valence-electron chi connectivity index (χ0n) is 15.2. The van der Waals surface area contributed by atoms with Crippen molar-refractivity contribution in [2.75, 3.05) is 11.9 Å². The molecule has 2 saturated heterocycles. The van der Waals surface area contributed by atoms with E-state index in [4.69, 9.17) is 4.84 Å². The van der Waals surface area contributed by atoms with Gasteiger partial charge in [-0.05, 0) is 29.8 Å². The highest BCUT2D eigenvalue weighted by Crippen LogP contribution is 2.47. The van der Waals surface area contributed by atoms with Gasteiger partial charge in [-0.2, -0.15) is 5.06 Å². The third-order valence-corrected chi connectivity index (χ3v) is 6.50. The molecule has 2 aliphatic heterocycles. The number of nitrogens with zero attached hydrogens (tertiary/aromatic N) is 2. The number of imide groups is 1. The maximum absolute atomic E-state index is 13.2. The molecule has 2 fully saturated rings. The molecule has 0 N–H and O–H groups in total. The van der Waals surface area contributed by atoms with Gasteiger partial charge in [-0.3, -0.25) is 14.4 Å². The Morgan fingerprint density at radius 1 is 0.857 bits per heavy atom. The van der Waals surface area contributed by atoms with Crippen molar-refractivity contribution in [3.05, 3.63) is 77.7 Å². The fourth-order valence-corrected chi connectivity index (χ4v) is 5.20. The summed E-state index contributed by atoms with van der Waals surface area (Å²) in [4.78, 5) is 35.4. The summed E-state index contributed by atoms with van der Waals surface area (Å²) in [5.41, 5.74) is 1.73. The summed E-state index contributed by atoms with van der Waals surface area (Å²) in [6, 6.07) is 23.0. The topological polar surface area (TPSA) is 49.9 Å². The summed E-state index contributed by atoms with van der Waals surface area (Å²) in [6.07, 6.45) is -0.773. The molecule has 0 spiro atoms. The van der Waals surface area contributed by atoms with Crippen LogP contribution in [-0.2, 0) is 14.4 Å². The van der Waals surface area contributed by atoms with Crippen LogP contribution in [0.1, 0.15) is 10.9 Å². The van der Waals surface area contributed by atoms with Gasteiger partial charge in [0.1, 0.15) is 0 Å². The lowest BCUT2D eigenvalue weighted by molar-refractivity contribution is -0.160. The average Bonchev–Trinajstić information content (AvgIpc) is 3.39. The molecule has 0 aliphatic carbocycles. The van der Waals surface area contributed by atoms with Gasteiger partial charge in [0, 0.05) is 16.8 Å².